The topological polar surface area (TPSA) is 459 Å². The number of H-pyrrole nitrogens is 5. The largest absolute Gasteiger partial charge is 0.464 e. The monoisotopic (exact) mass is 1750 g/mol. The Balaban J connectivity index is 0.0000000965. The van der Waals surface area contributed by atoms with Gasteiger partial charge >= 0.3 is 0 Å². The summed E-state index contributed by atoms with van der Waals surface area (Å²) in [5, 5.41) is 96.2. The number of pyridine rings is 2. The van der Waals surface area contributed by atoms with Crippen LogP contribution in [0, 0.1) is 32.9 Å². The number of hydrogen-bond acceptors (Lipinski definition) is 29. The fraction of sp³-hybridized carbons (Fsp3) is 0.0538. The van der Waals surface area contributed by atoms with E-state index in [1.165, 1.54) is 0 Å². The number of aromatic amines is 5. The van der Waals surface area contributed by atoms with Crippen LogP contribution in [0.3, 0.4) is 0 Å². The van der Waals surface area contributed by atoms with E-state index in [0.717, 1.165) is 123 Å². The maximum Gasteiger partial charge on any atom is 0.203 e. The normalized spacial score (nSPS) is 16.2. The van der Waals surface area contributed by atoms with E-state index < -0.39 is 0 Å². The second kappa shape index (κ2) is 33.4. The highest BCUT2D eigenvalue weighted by molar-refractivity contribution is 7.11. The van der Waals surface area contributed by atoms with Crippen molar-refractivity contribution in [1.29, 1.82) is 0 Å². The van der Waals surface area contributed by atoms with E-state index in [4.69, 9.17) is 60.4 Å². The minimum absolute atomic E-state index is 0.291. The summed E-state index contributed by atoms with van der Waals surface area (Å²) >= 11 is 1.58. The van der Waals surface area contributed by atoms with Gasteiger partial charge in [0, 0.05) is 62.5 Å². The fourth-order valence-corrected chi connectivity index (χ4v) is 18.0. The minimum Gasteiger partial charge on any atom is -0.464 e. The molecule has 5 atom stereocenters. The molecule has 7 aromatic carbocycles. The van der Waals surface area contributed by atoms with Gasteiger partial charge in [0.05, 0.1) is 128 Å². The number of rotatable bonds is 10. The quantitative estimate of drug-likeness (QED) is 0.0568. The highest BCUT2D eigenvalue weighted by Crippen LogP contribution is 2.52. The van der Waals surface area contributed by atoms with Gasteiger partial charge in [-0.2, -0.15) is 25.5 Å². The number of furan rings is 1. The molecule has 0 radical (unpaired) electrons. The first-order chi connectivity index (χ1) is 65.3. The Morgan fingerprint density at radius 3 is 1.10 bits per heavy atom. The van der Waals surface area contributed by atoms with Gasteiger partial charge < -0.3 is 31.0 Å². The molecule has 38 nitrogen and oxygen atoms in total. The Morgan fingerprint density at radius 2 is 0.689 bits per heavy atom. The molecule has 10 N–H and O–H groups in total. The molecular weight excluding hydrogens is 1690 g/mol. The molecule has 0 saturated carbocycles. The third kappa shape index (κ3) is 13.6. The number of benzene rings is 7. The Labute approximate surface area is 744 Å². The standard InChI is InChI=1S/C23H14N6O.2C18H11N7O.C17H10N6O2.C17H10N6OS/c1-24-22-19(16-10-5-11-18-20(16)29-30-28-18)17-12-25-27-23(17)26-21(22)15-9-4-7-13-6-2-3-8-14(13)15;1-19-17-14(11-5-2-6-13-16(11)25-26-24-13)12-9-21-23-18(12)22-15(17)10-4-3-7-20-8-10;1-19-17-14(10-5-4-7-13-15(10)25-26-24-13)11-9-21-23-18(11)22-16(17)12-6-2-3-8-20-12;1-18-16-13(9-4-2-5-11-14(9)23-25-22-11)10-8-19-21-17(10)20-15(16)12-6-3-7-24-12;1-18-16-13(9-4-2-5-11-14(9)23-24-22-11)10-8-19-21-17(10)20-15(16)12-6-3-7-25-12/h2-12,19H,(H2,25,26,27);2*2-9,14H,(H2,21,22,23);2*2-8,13H,(H2,19,20,21). The van der Waals surface area contributed by atoms with Crippen LogP contribution >= 0.6 is 11.3 Å². The molecular formula is C93H56N32O6S. The molecule has 0 bridgehead atoms. The highest BCUT2D eigenvalue weighted by atomic mass is 32.1. The first kappa shape index (κ1) is 78.3. The van der Waals surface area contributed by atoms with Gasteiger partial charge in [-0.3, -0.25) is 35.5 Å². The Bertz CT molecular complexity index is 8050. The summed E-state index contributed by atoms with van der Waals surface area (Å²) < 4.78 is 30.1. The molecule has 630 valence electrons. The number of allylic oxidation sites excluding steroid dienone is 5. The van der Waals surface area contributed by atoms with Crippen molar-refractivity contribution >= 4 is 135 Å². The number of nitrogens with zero attached hydrogens (tertiary/aromatic N) is 22. The van der Waals surface area contributed by atoms with Crippen molar-refractivity contribution < 1.29 is 27.6 Å². The van der Waals surface area contributed by atoms with Gasteiger partial charge in [0.1, 0.15) is 90.0 Å². The Morgan fingerprint density at radius 1 is 0.303 bits per heavy atom. The van der Waals surface area contributed by atoms with Gasteiger partial charge in [-0.1, -0.05) is 121 Å². The first-order valence-electron chi connectivity index (χ1n) is 40.3. The van der Waals surface area contributed by atoms with Crippen LogP contribution < -0.4 is 26.6 Å². The van der Waals surface area contributed by atoms with Crippen LogP contribution in [-0.4, -0.2) is 113 Å². The van der Waals surface area contributed by atoms with E-state index in [-0.39, 0.29) is 29.6 Å². The van der Waals surface area contributed by atoms with E-state index in [1.807, 2.05) is 169 Å². The second-order valence-corrected chi connectivity index (χ2v) is 30.9. The zero-order valence-electron chi connectivity index (χ0n) is 67.8. The fourth-order valence-electron chi connectivity index (χ4n) is 17.3. The molecule has 0 amide bonds. The van der Waals surface area contributed by atoms with Crippen molar-refractivity contribution in [2.75, 3.05) is 26.6 Å². The molecule has 14 aromatic heterocycles. The van der Waals surface area contributed by atoms with Crippen molar-refractivity contribution in [3.05, 3.63) is 418 Å². The third-order valence-electron chi connectivity index (χ3n) is 23.0. The molecule has 21 aromatic rings. The third-order valence-corrected chi connectivity index (χ3v) is 23.9. The molecule has 0 aliphatic carbocycles. The Kier molecular flexibility index (Phi) is 19.8. The number of thiophene rings is 1. The van der Waals surface area contributed by atoms with Crippen LogP contribution in [0.15, 0.2) is 305 Å². The van der Waals surface area contributed by atoms with E-state index in [0.29, 0.717) is 112 Å². The zero-order chi connectivity index (χ0) is 88.7. The number of aromatic nitrogens is 22. The van der Waals surface area contributed by atoms with Crippen molar-refractivity contribution in [1.82, 2.24) is 113 Å². The Hall–Kier alpha value is -19.7. The number of fused-ring (bicyclic) bond motifs is 11. The molecule has 19 heterocycles. The van der Waals surface area contributed by atoms with Crippen molar-refractivity contribution in [2.24, 2.45) is 0 Å². The molecule has 132 heavy (non-hydrogen) atoms. The van der Waals surface area contributed by atoms with Gasteiger partial charge in [0.25, 0.3) is 0 Å². The van der Waals surface area contributed by atoms with Crippen LogP contribution in [0.1, 0.15) is 113 Å². The van der Waals surface area contributed by atoms with Gasteiger partial charge in [0.15, 0.2) is 0 Å². The molecule has 39 heteroatoms. The van der Waals surface area contributed by atoms with Gasteiger partial charge in [-0.25, -0.2) is 47.4 Å². The number of anilines is 5. The van der Waals surface area contributed by atoms with E-state index in [2.05, 4.69) is 182 Å². The first-order valence-corrected chi connectivity index (χ1v) is 41.2. The number of nitrogens with one attached hydrogen (secondary N) is 10. The van der Waals surface area contributed by atoms with Crippen LogP contribution in [0.5, 0.6) is 0 Å². The summed E-state index contributed by atoms with van der Waals surface area (Å²) in [6, 6.07) is 59.5. The maximum atomic E-state index is 8.07. The van der Waals surface area contributed by atoms with E-state index >= 15 is 0 Å². The van der Waals surface area contributed by atoms with Crippen LogP contribution in [0.25, 0.3) is 119 Å². The molecule has 0 fully saturated rings. The maximum absolute atomic E-state index is 8.07. The lowest BCUT2D eigenvalue weighted by molar-refractivity contribution is 0.315. The SMILES string of the molecule is [C-]#[N+]C1=C(c2cccc3ccccc23)Nc2[nH]ncc2C1c1cccc2nonc12.[C-]#[N+]C1=C(c2ccccn2)Nc2[nH]ncc2C1c1cccc2nonc12.[C-]#[N+]C1=C(c2cccnc2)Nc2[nH]ncc2C1c1cccc2nonc12.[C-]#[N+]C1=C(c2ccco2)Nc2[nH]ncc2C1c1cccc2nonc12.[C-]#[N+]C1=C(c2cccs2)Nc2[nH]ncc2C1c1cccc2nonc12. The lowest BCUT2D eigenvalue weighted by Gasteiger charge is -2.27. The molecule has 26 rings (SSSR count). The molecule has 5 aliphatic heterocycles. The predicted molar refractivity (Wildman–Crippen MR) is 482 cm³/mol. The molecule has 0 saturated heterocycles. The predicted octanol–water partition coefficient (Wildman–Crippen LogP) is 18.6. The van der Waals surface area contributed by atoms with Crippen LogP contribution in [0.4, 0.5) is 29.1 Å². The van der Waals surface area contributed by atoms with Gasteiger partial charge in [0.2, 0.25) is 28.5 Å². The lowest BCUT2D eigenvalue weighted by atomic mass is 9.84. The average molecular weight is 1750 g/mol. The zero-order valence-corrected chi connectivity index (χ0v) is 68.6. The minimum atomic E-state index is -0.358. The smallest absolute Gasteiger partial charge is 0.203 e. The summed E-state index contributed by atoms with van der Waals surface area (Å²) in [7, 11) is 0. The van der Waals surface area contributed by atoms with E-state index in [1.54, 1.807) is 73.2 Å². The van der Waals surface area contributed by atoms with Crippen LogP contribution in [-0.2, 0) is 0 Å². The molecule has 5 aliphatic rings. The summed E-state index contributed by atoms with van der Waals surface area (Å²) in [5.41, 5.74) is 23.9. The van der Waals surface area contributed by atoms with Gasteiger partial charge in [-0.05, 0) is 168 Å². The molecule has 5 unspecified atom stereocenters. The average Bonchev–Trinajstić information content (AvgIpc) is 1.51. The number of hydrogen-bond donors (Lipinski definition) is 10. The summed E-state index contributed by atoms with van der Waals surface area (Å²) in [6.07, 6.45) is 15.4. The molecule has 0 spiro atoms. The highest BCUT2D eigenvalue weighted by Gasteiger charge is 2.41. The van der Waals surface area contributed by atoms with Crippen LogP contribution in [0.2, 0.25) is 0 Å². The lowest BCUT2D eigenvalue weighted by Crippen LogP contribution is -2.17. The summed E-state index contributed by atoms with van der Waals surface area (Å²) in [4.78, 5) is 28.9. The summed E-state index contributed by atoms with van der Waals surface area (Å²) in [5.74, 6) is 2.65. The van der Waals surface area contributed by atoms with Crippen molar-refractivity contribution in [3.8, 4) is 0 Å². The second-order valence-electron chi connectivity index (χ2n) is 30.0. The van der Waals surface area contributed by atoms with Gasteiger partial charge in [-0.15, -0.1) is 11.3 Å². The van der Waals surface area contributed by atoms with E-state index in [9.17, 15) is 0 Å². The van der Waals surface area contributed by atoms with Crippen molar-refractivity contribution in [2.45, 2.75) is 29.6 Å². The summed E-state index contributed by atoms with van der Waals surface area (Å²) in [6.45, 7) is 39.3. The van der Waals surface area contributed by atoms with Crippen molar-refractivity contribution in [3.63, 3.8) is 0 Å².